The van der Waals surface area contributed by atoms with E-state index in [0.717, 1.165) is 5.75 Å². The highest BCUT2D eigenvalue weighted by atomic mass is 35.5. The molecule has 0 radical (unpaired) electrons. The molecular formula is C13H14ClN3O. The predicted molar refractivity (Wildman–Crippen MR) is 72.2 cm³/mol. The van der Waals surface area contributed by atoms with Crippen molar-refractivity contribution in [3.8, 4) is 5.75 Å². The molecule has 5 heteroatoms. The molecule has 94 valence electrons. The van der Waals surface area contributed by atoms with Crippen LogP contribution in [0, 0.1) is 6.92 Å². The number of aryl methyl sites for hydroxylation is 1. The summed E-state index contributed by atoms with van der Waals surface area (Å²) in [6, 6.07) is 9.71. The number of nitrogens with zero attached hydrogens (tertiary/aromatic N) is 2. The second kappa shape index (κ2) is 6.21. The van der Waals surface area contributed by atoms with E-state index >= 15 is 0 Å². The van der Waals surface area contributed by atoms with Gasteiger partial charge in [-0.25, -0.2) is 9.97 Å². The third-order valence-electron chi connectivity index (χ3n) is 2.29. The Morgan fingerprint density at radius 2 is 2.22 bits per heavy atom. The van der Waals surface area contributed by atoms with Crippen molar-refractivity contribution in [2.45, 2.75) is 6.92 Å². The highest BCUT2D eigenvalue weighted by Gasteiger charge is 1.97. The van der Waals surface area contributed by atoms with Crippen LogP contribution in [-0.2, 0) is 0 Å². The zero-order valence-electron chi connectivity index (χ0n) is 10.1. The maximum Gasteiger partial charge on any atom is 0.224 e. The van der Waals surface area contributed by atoms with Crippen molar-refractivity contribution in [1.82, 2.24) is 9.97 Å². The lowest BCUT2D eigenvalue weighted by Crippen LogP contribution is -2.12. The van der Waals surface area contributed by atoms with Crippen LogP contribution >= 0.6 is 11.6 Å². The Balaban J connectivity index is 1.76. The number of hydrogen-bond acceptors (Lipinski definition) is 4. The number of halogens is 1. The average molecular weight is 264 g/mol. The molecule has 1 aromatic carbocycles. The van der Waals surface area contributed by atoms with Crippen molar-refractivity contribution in [2.24, 2.45) is 0 Å². The lowest BCUT2D eigenvalue weighted by molar-refractivity contribution is 0.332. The number of benzene rings is 1. The molecule has 0 aliphatic rings. The highest BCUT2D eigenvalue weighted by molar-refractivity contribution is 6.28. The van der Waals surface area contributed by atoms with Crippen molar-refractivity contribution in [3.05, 3.63) is 47.4 Å². The summed E-state index contributed by atoms with van der Waals surface area (Å²) in [4.78, 5) is 7.83. The molecule has 2 rings (SSSR count). The Morgan fingerprint density at radius 3 is 3.00 bits per heavy atom. The molecule has 2 aromatic rings. The van der Waals surface area contributed by atoms with Gasteiger partial charge in [0.1, 0.15) is 18.2 Å². The fourth-order valence-corrected chi connectivity index (χ4v) is 1.63. The van der Waals surface area contributed by atoms with Gasteiger partial charge in [0.15, 0.2) is 0 Å². The summed E-state index contributed by atoms with van der Waals surface area (Å²) < 4.78 is 5.60. The van der Waals surface area contributed by atoms with Gasteiger partial charge in [-0.15, -0.1) is 0 Å². The summed E-state index contributed by atoms with van der Waals surface area (Å²) in [5.41, 5.74) is 1.18. The first-order chi connectivity index (χ1) is 8.74. The molecule has 0 aliphatic heterocycles. The van der Waals surface area contributed by atoms with Crippen molar-refractivity contribution < 1.29 is 4.74 Å². The van der Waals surface area contributed by atoms with E-state index in [0.29, 0.717) is 19.0 Å². The quantitative estimate of drug-likeness (QED) is 0.666. The van der Waals surface area contributed by atoms with E-state index in [1.807, 2.05) is 31.2 Å². The molecule has 0 aliphatic carbocycles. The molecule has 18 heavy (non-hydrogen) atoms. The Hall–Kier alpha value is -1.81. The van der Waals surface area contributed by atoms with E-state index in [4.69, 9.17) is 16.3 Å². The van der Waals surface area contributed by atoms with Gasteiger partial charge in [0.2, 0.25) is 5.28 Å². The number of hydrogen-bond donors (Lipinski definition) is 1. The van der Waals surface area contributed by atoms with E-state index in [-0.39, 0.29) is 5.28 Å². The second-order valence-electron chi connectivity index (χ2n) is 3.80. The molecule has 0 saturated heterocycles. The standard InChI is InChI=1S/C13H14ClN3O/c1-10-3-2-4-11(9-10)18-8-7-15-12-5-6-16-13(14)17-12/h2-6,9H,7-8H2,1H3,(H,15,16,17). The molecule has 1 heterocycles. The molecule has 0 bridgehead atoms. The lowest BCUT2D eigenvalue weighted by Gasteiger charge is -2.08. The highest BCUT2D eigenvalue weighted by Crippen LogP contribution is 2.12. The zero-order chi connectivity index (χ0) is 12.8. The van der Waals surface area contributed by atoms with Crippen LogP contribution in [0.5, 0.6) is 5.75 Å². The first kappa shape index (κ1) is 12.6. The van der Waals surface area contributed by atoms with E-state index in [2.05, 4.69) is 15.3 Å². The maximum atomic E-state index is 5.68. The molecule has 0 atom stereocenters. The SMILES string of the molecule is Cc1cccc(OCCNc2ccnc(Cl)n2)c1. The van der Waals surface area contributed by atoms with Crippen LogP contribution in [0.15, 0.2) is 36.5 Å². The summed E-state index contributed by atoms with van der Waals surface area (Å²) in [6.07, 6.45) is 1.61. The van der Waals surface area contributed by atoms with Gasteiger partial charge in [-0.2, -0.15) is 0 Å². The smallest absolute Gasteiger partial charge is 0.224 e. The van der Waals surface area contributed by atoms with Crippen LogP contribution in [0.25, 0.3) is 0 Å². The minimum atomic E-state index is 0.236. The third kappa shape index (κ3) is 3.89. The second-order valence-corrected chi connectivity index (χ2v) is 4.14. The first-order valence-electron chi connectivity index (χ1n) is 5.66. The van der Waals surface area contributed by atoms with E-state index in [9.17, 15) is 0 Å². The minimum Gasteiger partial charge on any atom is -0.492 e. The van der Waals surface area contributed by atoms with Crippen molar-refractivity contribution in [2.75, 3.05) is 18.5 Å². The van der Waals surface area contributed by atoms with E-state index in [1.165, 1.54) is 5.56 Å². The van der Waals surface area contributed by atoms with Crippen LogP contribution in [0.1, 0.15) is 5.56 Å². The first-order valence-corrected chi connectivity index (χ1v) is 6.04. The van der Waals surface area contributed by atoms with Gasteiger partial charge in [-0.3, -0.25) is 0 Å². The number of anilines is 1. The normalized spacial score (nSPS) is 10.1. The molecule has 0 amide bonds. The third-order valence-corrected chi connectivity index (χ3v) is 2.47. The van der Waals surface area contributed by atoms with Gasteiger partial charge in [0.05, 0.1) is 6.54 Å². The topological polar surface area (TPSA) is 47.0 Å². The molecule has 0 unspecified atom stereocenters. The molecule has 0 spiro atoms. The Bertz CT molecular complexity index is 472. The van der Waals surface area contributed by atoms with Gasteiger partial charge < -0.3 is 10.1 Å². The molecule has 4 nitrogen and oxygen atoms in total. The van der Waals surface area contributed by atoms with Crippen LogP contribution in [-0.4, -0.2) is 23.1 Å². The number of rotatable bonds is 5. The van der Waals surface area contributed by atoms with Crippen LogP contribution in [0.2, 0.25) is 5.28 Å². The number of ether oxygens (including phenoxy) is 1. The summed E-state index contributed by atoms with van der Waals surface area (Å²) in [7, 11) is 0. The molecule has 0 fully saturated rings. The van der Waals surface area contributed by atoms with Gasteiger partial charge in [0.25, 0.3) is 0 Å². The van der Waals surface area contributed by atoms with Gasteiger partial charge in [-0.05, 0) is 42.3 Å². The number of aromatic nitrogens is 2. The molecule has 0 saturated carbocycles. The predicted octanol–water partition coefficient (Wildman–Crippen LogP) is 2.93. The van der Waals surface area contributed by atoms with Gasteiger partial charge in [0, 0.05) is 6.20 Å². The van der Waals surface area contributed by atoms with Gasteiger partial charge >= 0.3 is 0 Å². The van der Waals surface area contributed by atoms with Crippen molar-refractivity contribution in [3.63, 3.8) is 0 Å². The summed E-state index contributed by atoms with van der Waals surface area (Å²) in [6.45, 7) is 3.25. The van der Waals surface area contributed by atoms with Crippen LogP contribution in [0.4, 0.5) is 5.82 Å². The minimum absolute atomic E-state index is 0.236. The largest absolute Gasteiger partial charge is 0.492 e. The van der Waals surface area contributed by atoms with Crippen molar-refractivity contribution in [1.29, 1.82) is 0 Å². The lowest BCUT2D eigenvalue weighted by atomic mass is 10.2. The Kier molecular flexibility index (Phi) is 4.36. The zero-order valence-corrected chi connectivity index (χ0v) is 10.8. The van der Waals surface area contributed by atoms with Gasteiger partial charge in [-0.1, -0.05) is 12.1 Å². The molecule has 1 N–H and O–H groups in total. The van der Waals surface area contributed by atoms with E-state index < -0.39 is 0 Å². The molecular weight excluding hydrogens is 250 g/mol. The summed E-state index contributed by atoms with van der Waals surface area (Å²) >= 11 is 5.68. The maximum absolute atomic E-state index is 5.68. The van der Waals surface area contributed by atoms with Crippen LogP contribution < -0.4 is 10.1 Å². The van der Waals surface area contributed by atoms with Crippen LogP contribution in [0.3, 0.4) is 0 Å². The Labute approximate surface area is 111 Å². The Morgan fingerprint density at radius 1 is 1.33 bits per heavy atom. The molecule has 1 aromatic heterocycles. The fraction of sp³-hybridized carbons (Fsp3) is 0.231. The summed E-state index contributed by atoms with van der Waals surface area (Å²) in [5, 5.41) is 3.35. The fourth-order valence-electron chi connectivity index (χ4n) is 1.49. The summed E-state index contributed by atoms with van der Waals surface area (Å²) in [5.74, 6) is 1.57. The number of nitrogens with one attached hydrogen (secondary N) is 1. The monoisotopic (exact) mass is 263 g/mol. The van der Waals surface area contributed by atoms with Crippen molar-refractivity contribution >= 4 is 17.4 Å². The van der Waals surface area contributed by atoms with E-state index in [1.54, 1.807) is 12.3 Å². The average Bonchev–Trinajstić information content (AvgIpc) is 2.35.